The maximum atomic E-state index is 11.2. The first-order chi connectivity index (χ1) is 8.52. The minimum Gasteiger partial charge on any atom is -0.481 e. The SMILES string of the molecule is CC1(C(=O)O)CCN(Cc2ccccc2)CC1O. The Morgan fingerprint density at radius 1 is 1.44 bits per heavy atom. The molecule has 1 saturated heterocycles. The van der Waals surface area contributed by atoms with Gasteiger partial charge in [-0.1, -0.05) is 30.3 Å². The summed E-state index contributed by atoms with van der Waals surface area (Å²) in [4.78, 5) is 13.3. The topological polar surface area (TPSA) is 60.8 Å². The molecule has 1 aliphatic rings. The largest absolute Gasteiger partial charge is 0.481 e. The predicted molar refractivity (Wildman–Crippen MR) is 68.1 cm³/mol. The van der Waals surface area contributed by atoms with Crippen LogP contribution in [-0.4, -0.2) is 40.3 Å². The normalized spacial score (nSPS) is 29.1. The van der Waals surface area contributed by atoms with Gasteiger partial charge < -0.3 is 10.2 Å². The summed E-state index contributed by atoms with van der Waals surface area (Å²) in [5, 5.41) is 19.2. The van der Waals surface area contributed by atoms with Gasteiger partial charge in [-0.2, -0.15) is 0 Å². The van der Waals surface area contributed by atoms with Gasteiger partial charge in [0.15, 0.2) is 0 Å². The lowest BCUT2D eigenvalue weighted by atomic mass is 9.78. The third-order valence-electron chi connectivity index (χ3n) is 3.85. The number of aliphatic hydroxyl groups is 1. The van der Waals surface area contributed by atoms with Gasteiger partial charge in [0.05, 0.1) is 11.5 Å². The summed E-state index contributed by atoms with van der Waals surface area (Å²) < 4.78 is 0. The summed E-state index contributed by atoms with van der Waals surface area (Å²) in [5.41, 5.74) is 0.177. The second-order valence-corrected chi connectivity index (χ2v) is 5.21. The standard InChI is InChI=1S/C14H19NO3/c1-14(13(17)18)7-8-15(10-12(14)16)9-11-5-3-2-4-6-11/h2-6,12,16H,7-10H2,1H3,(H,17,18). The zero-order valence-corrected chi connectivity index (χ0v) is 10.5. The van der Waals surface area contributed by atoms with Crippen LogP contribution in [0.2, 0.25) is 0 Å². The molecule has 2 unspecified atom stereocenters. The molecular formula is C14H19NO3. The minimum absolute atomic E-state index is 0.414. The molecule has 1 aliphatic heterocycles. The van der Waals surface area contributed by atoms with Crippen molar-refractivity contribution >= 4 is 5.97 Å². The van der Waals surface area contributed by atoms with Gasteiger partial charge in [-0.25, -0.2) is 0 Å². The number of piperidine rings is 1. The van der Waals surface area contributed by atoms with Crippen LogP contribution in [0.4, 0.5) is 0 Å². The van der Waals surface area contributed by atoms with Gasteiger partial charge in [-0.3, -0.25) is 9.69 Å². The molecule has 0 aromatic heterocycles. The van der Waals surface area contributed by atoms with Gasteiger partial charge >= 0.3 is 5.97 Å². The Kier molecular flexibility index (Phi) is 3.68. The molecule has 1 fully saturated rings. The molecule has 4 heteroatoms. The molecule has 0 radical (unpaired) electrons. The second-order valence-electron chi connectivity index (χ2n) is 5.21. The molecule has 0 aliphatic carbocycles. The number of benzene rings is 1. The van der Waals surface area contributed by atoms with Crippen LogP contribution < -0.4 is 0 Å². The highest BCUT2D eigenvalue weighted by Gasteiger charge is 2.44. The second kappa shape index (κ2) is 5.08. The van der Waals surface area contributed by atoms with E-state index in [1.54, 1.807) is 6.92 Å². The molecule has 2 atom stereocenters. The maximum Gasteiger partial charge on any atom is 0.312 e. The smallest absolute Gasteiger partial charge is 0.312 e. The zero-order valence-electron chi connectivity index (χ0n) is 10.5. The highest BCUT2D eigenvalue weighted by atomic mass is 16.4. The number of likely N-dealkylation sites (tertiary alicyclic amines) is 1. The van der Waals surface area contributed by atoms with Gasteiger partial charge in [0.2, 0.25) is 0 Å². The lowest BCUT2D eigenvalue weighted by Crippen LogP contribution is -2.52. The fourth-order valence-electron chi connectivity index (χ4n) is 2.33. The number of carboxylic acid groups (broad SMARTS) is 1. The Morgan fingerprint density at radius 2 is 2.11 bits per heavy atom. The quantitative estimate of drug-likeness (QED) is 0.848. The summed E-state index contributed by atoms with van der Waals surface area (Å²) in [5.74, 6) is -0.908. The Hall–Kier alpha value is -1.39. The first-order valence-electron chi connectivity index (χ1n) is 6.20. The van der Waals surface area contributed by atoms with Crippen molar-refractivity contribution in [1.29, 1.82) is 0 Å². The number of carbonyl (C=O) groups is 1. The summed E-state index contributed by atoms with van der Waals surface area (Å²) in [6.45, 7) is 3.50. The molecule has 0 amide bonds. The molecule has 0 bridgehead atoms. The molecule has 0 saturated carbocycles. The van der Waals surface area contributed by atoms with Crippen molar-refractivity contribution in [3.05, 3.63) is 35.9 Å². The van der Waals surface area contributed by atoms with Gasteiger partial charge in [0.25, 0.3) is 0 Å². The van der Waals surface area contributed by atoms with Crippen molar-refractivity contribution in [3.63, 3.8) is 0 Å². The Labute approximate surface area is 107 Å². The fraction of sp³-hybridized carbons (Fsp3) is 0.500. The molecule has 1 heterocycles. The van der Waals surface area contributed by atoms with E-state index in [0.717, 1.165) is 6.54 Å². The van der Waals surface area contributed by atoms with E-state index >= 15 is 0 Å². The highest BCUT2D eigenvalue weighted by molar-refractivity contribution is 5.75. The van der Waals surface area contributed by atoms with Crippen LogP contribution in [0.3, 0.4) is 0 Å². The van der Waals surface area contributed by atoms with Crippen LogP contribution >= 0.6 is 0 Å². The van der Waals surface area contributed by atoms with E-state index in [0.29, 0.717) is 19.5 Å². The average molecular weight is 249 g/mol. The lowest BCUT2D eigenvalue weighted by molar-refractivity contribution is -0.160. The Morgan fingerprint density at radius 3 is 2.67 bits per heavy atom. The van der Waals surface area contributed by atoms with E-state index in [1.807, 2.05) is 30.3 Å². The number of nitrogens with zero attached hydrogens (tertiary/aromatic N) is 1. The number of β-amino-alcohol motifs (C(OH)–C–C–N with tert-alkyl or cyclic N) is 1. The number of hydrogen-bond donors (Lipinski definition) is 2. The molecule has 2 N–H and O–H groups in total. The van der Waals surface area contributed by atoms with Crippen molar-refractivity contribution < 1.29 is 15.0 Å². The number of rotatable bonds is 3. The third kappa shape index (κ3) is 2.54. The van der Waals surface area contributed by atoms with Crippen LogP contribution in [0, 0.1) is 5.41 Å². The summed E-state index contributed by atoms with van der Waals surface area (Å²) in [6, 6.07) is 10.0. The molecular weight excluding hydrogens is 230 g/mol. The lowest BCUT2D eigenvalue weighted by Gasteiger charge is -2.40. The van der Waals surface area contributed by atoms with Gasteiger partial charge in [-0.15, -0.1) is 0 Å². The van der Waals surface area contributed by atoms with Crippen molar-refractivity contribution in [1.82, 2.24) is 4.90 Å². The fourth-order valence-corrected chi connectivity index (χ4v) is 2.33. The number of carboxylic acids is 1. The number of aliphatic hydroxyl groups excluding tert-OH is 1. The maximum absolute atomic E-state index is 11.2. The molecule has 1 aromatic rings. The predicted octanol–water partition coefficient (Wildman–Crippen LogP) is 1.34. The zero-order chi connectivity index (χ0) is 13.2. The average Bonchev–Trinajstić information content (AvgIpc) is 2.35. The Balaban J connectivity index is 1.99. The number of aliphatic carboxylic acids is 1. The van der Waals surface area contributed by atoms with Gasteiger partial charge in [0, 0.05) is 13.1 Å². The van der Waals surface area contributed by atoms with Crippen molar-refractivity contribution in [2.75, 3.05) is 13.1 Å². The van der Waals surface area contributed by atoms with Crippen LogP contribution in [0.1, 0.15) is 18.9 Å². The van der Waals surface area contributed by atoms with Crippen LogP contribution in [0.5, 0.6) is 0 Å². The molecule has 98 valence electrons. The first-order valence-corrected chi connectivity index (χ1v) is 6.20. The molecule has 0 spiro atoms. The summed E-state index contributed by atoms with van der Waals surface area (Å²) in [7, 11) is 0. The minimum atomic E-state index is -1.01. The molecule has 4 nitrogen and oxygen atoms in total. The van der Waals surface area contributed by atoms with Crippen LogP contribution in [0.15, 0.2) is 30.3 Å². The highest BCUT2D eigenvalue weighted by Crippen LogP contribution is 2.32. The van der Waals surface area contributed by atoms with E-state index in [4.69, 9.17) is 5.11 Å². The summed E-state index contributed by atoms with van der Waals surface area (Å²) >= 11 is 0. The van der Waals surface area contributed by atoms with E-state index in [9.17, 15) is 9.90 Å². The third-order valence-corrected chi connectivity index (χ3v) is 3.85. The van der Waals surface area contributed by atoms with Gasteiger partial charge in [-0.05, 0) is 25.5 Å². The van der Waals surface area contributed by atoms with Crippen LogP contribution in [0.25, 0.3) is 0 Å². The molecule has 18 heavy (non-hydrogen) atoms. The van der Waals surface area contributed by atoms with Crippen molar-refractivity contribution in [2.45, 2.75) is 26.0 Å². The van der Waals surface area contributed by atoms with E-state index in [-0.39, 0.29) is 0 Å². The monoisotopic (exact) mass is 249 g/mol. The number of hydrogen-bond acceptors (Lipinski definition) is 3. The molecule has 2 rings (SSSR count). The van der Waals surface area contributed by atoms with Crippen molar-refractivity contribution in [2.24, 2.45) is 5.41 Å². The molecule has 1 aromatic carbocycles. The van der Waals surface area contributed by atoms with E-state index in [1.165, 1.54) is 5.56 Å². The first kappa shape index (κ1) is 13.1. The van der Waals surface area contributed by atoms with E-state index < -0.39 is 17.5 Å². The van der Waals surface area contributed by atoms with Gasteiger partial charge in [0.1, 0.15) is 0 Å². The van der Waals surface area contributed by atoms with E-state index in [2.05, 4.69) is 4.90 Å². The van der Waals surface area contributed by atoms with Crippen molar-refractivity contribution in [3.8, 4) is 0 Å². The van der Waals surface area contributed by atoms with Crippen LogP contribution in [-0.2, 0) is 11.3 Å². The summed E-state index contributed by atoms with van der Waals surface area (Å²) in [6.07, 6.45) is -0.330. The Bertz CT molecular complexity index is 420.